The molecule has 2 saturated heterocycles. The van der Waals surface area contributed by atoms with E-state index in [4.69, 9.17) is 21.3 Å². The first-order chi connectivity index (χ1) is 16.0. The van der Waals surface area contributed by atoms with Crippen molar-refractivity contribution < 1.29 is 19.0 Å². The zero-order valence-corrected chi connectivity index (χ0v) is 19.0. The van der Waals surface area contributed by atoms with Gasteiger partial charge in [-0.25, -0.2) is 9.37 Å². The number of fused-ring (bicyclic) bond motifs is 2. The third kappa shape index (κ3) is 3.26. The first-order valence-electron chi connectivity index (χ1n) is 11.6. The van der Waals surface area contributed by atoms with Crippen molar-refractivity contribution in [2.75, 3.05) is 44.2 Å². The number of rotatable bonds is 2. The first-order valence-corrected chi connectivity index (χ1v) is 12.0. The summed E-state index contributed by atoms with van der Waals surface area (Å²) in [5, 5.41) is 13.8. The normalized spacial score (nSPS) is 23.6. The number of ether oxygens (including phenoxy) is 1. The summed E-state index contributed by atoms with van der Waals surface area (Å²) in [6.45, 7) is 3.76. The molecule has 1 aliphatic carbocycles. The SMILES string of the molecule is O=C1c2c(N3CCC4(CCC4)C3)nc(-c3c(O)cccc3F)c(Cl)c2OCC2CNCCN12. The highest BCUT2D eigenvalue weighted by molar-refractivity contribution is 6.35. The topological polar surface area (TPSA) is 77.9 Å². The van der Waals surface area contributed by atoms with E-state index < -0.39 is 5.82 Å². The fourth-order valence-electron chi connectivity index (χ4n) is 5.70. The van der Waals surface area contributed by atoms with Crippen molar-refractivity contribution in [3.05, 3.63) is 34.6 Å². The van der Waals surface area contributed by atoms with Crippen LogP contribution in [0.25, 0.3) is 11.3 Å². The Hall–Kier alpha value is -2.58. The van der Waals surface area contributed by atoms with Crippen LogP contribution in [0, 0.1) is 11.2 Å². The number of carbonyl (C=O) groups excluding carboxylic acids is 1. The molecule has 2 aromatic rings. The van der Waals surface area contributed by atoms with Crippen LogP contribution in [0.4, 0.5) is 10.2 Å². The Morgan fingerprint density at radius 3 is 2.82 bits per heavy atom. The molecule has 174 valence electrons. The van der Waals surface area contributed by atoms with Crippen LogP contribution in [0.2, 0.25) is 5.02 Å². The van der Waals surface area contributed by atoms with Gasteiger partial charge >= 0.3 is 0 Å². The van der Waals surface area contributed by atoms with Crippen LogP contribution in [-0.2, 0) is 0 Å². The van der Waals surface area contributed by atoms with Gasteiger partial charge in [-0.05, 0) is 36.8 Å². The zero-order valence-electron chi connectivity index (χ0n) is 18.2. The van der Waals surface area contributed by atoms with E-state index in [-0.39, 0.29) is 51.7 Å². The molecule has 0 radical (unpaired) electrons. The van der Waals surface area contributed by atoms with Gasteiger partial charge in [0.15, 0.2) is 5.75 Å². The monoisotopic (exact) mass is 472 g/mol. The maximum absolute atomic E-state index is 14.8. The average molecular weight is 473 g/mol. The summed E-state index contributed by atoms with van der Waals surface area (Å²) in [5.41, 5.74) is 0.631. The molecule has 3 aliphatic heterocycles. The number of carbonyl (C=O) groups is 1. The Bertz CT molecular complexity index is 1120. The van der Waals surface area contributed by atoms with Crippen LogP contribution in [0.5, 0.6) is 11.5 Å². The second-order valence-electron chi connectivity index (χ2n) is 9.63. The molecule has 4 aliphatic rings. The number of piperazine rings is 1. The van der Waals surface area contributed by atoms with E-state index in [1.807, 2.05) is 4.90 Å². The molecule has 1 unspecified atom stereocenters. The van der Waals surface area contributed by atoms with Crippen LogP contribution >= 0.6 is 11.6 Å². The Morgan fingerprint density at radius 1 is 1.24 bits per heavy atom. The maximum Gasteiger partial charge on any atom is 0.261 e. The third-order valence-electron chi connectivity index (χ3n) is 7.70. The van der Waals surface area contributed by atoms with Gasteiger partial charge in [0, 0.05) is 32.7 Å². The number of pyridine rings is 1. The van der Waals surface area contributed by atoms with Crippen LogP contribution < -0.4 is 15.0 Å². The van der Waals surface area contributed by atoms with E-state index in [2.05, 4.69) is 10.2 Å². The molecule has 33 heavy (non-hydrogen) atoms. The second kappa shape index (κ2) is 7.74. The Labute approximate surface area is 196 Å². The van der Waals surface area contributed by atoms with Crippen LogP contribution in [0.3, 0.4) is 0 Å². The van der Waals surface area contributed by atoms with E-state index in [9.17, 15) is 14.3 Å². The van der Waals surface area contributed by atoms with Gasteiger partial charge in [-0.15, -0.1) is 0 Å². The van der Waals surface area contributed by atoms with E-state index in [1.165, 1.54) is 37.5 Å². The number of aromatic nitrogens is 1. The van der Waals surface area contributed by atoms with Crippen molar-refractivity contribution >= 4 is 23.3 Å². The van der Waals surface area contributed by atoms with Gasteiger partial charge in [-0.2, -0.15) is 0 Å². The van der Waals surface area contributed by atoms with E-state index in [0.29, 0.717) is 31.0 Å². The summed E-state index contributed by atoms with van der Waals surface area (Å²) in [7, 11) is 0. The Morgan fingerprint density at radius 2 is 2.09 bits per heavy atom. The summed E-state index contributed by atoms with van der Waals surface area (Å²) in [6.07, 6.45) is 4.60. The molecule has 6 rings (SSSR count). The molecule has 1 atom stereocenters. The van der Waals surface area contributed by atoms with Gasteiger partial charge in [-0.3, -0.25) is 4.79 Å². The zero-order chi connectivity index (χ0) is 22.7. The highest BCUT2D eigenvalue weighted by Gasteiger charge is 2.46. The number of halogens is 2. The quantitative estimate of drug-likeness (QED) is 0.697. The summed E-state index contributed by atoms with van der Waals surface area (Å²) in [5.74, 6) is -0.340. The molecule has 1 aromatic heterocycles. The maximum atomic E-state index is 14.8. The predicted molar refractivity (Wildman–Crippen MR) is 123 cm³/mol. The molecular weight excluding hydrogens is 447 g/mol. The minimum atomic E-state index is -0.631. The molecule has 2 N–H and O–H groups in total. The van der Waals surface area contributed by atoms with E-state index in [0.717, 1.165) is 19.5 Å². The van der Waals surface area contributed by atoms with Crippen molar-refractivity contribution in [1.29, 1.82) is 0 Å². The second-order valence-corrected chi connectivity index (χ2v) is 10.0. The lowest BCUT2D eigenvalue weighted by molar-refractivity contribution is 0.0606. The molecule has 9 heteroatoms. The fourth-order valence-corrected chi connectivity index (χ4v) is 5.99. The molecule has 1 spiro atoms. The van der Waals surface area contributed by atoms with Crippen molar-refractivity contribution in [2.45, 2.75) is 31.7 Å². The molecule has 3 fully saturated rings. The van der Waals surface area contributed by atoms with Crippen molar-refractivity contribution in [3.8, 4) is 22.8 Å². The number of phenolic OH excluding ortho intramolecular Hbond substituents is 1. The number of benzene rings is 1. The van der Waals surface area contributed by atoms with Gasteiger partial charge in [0.2, 0.25) is 0 Å². The Balaban J connectivity index is 1.55. The summed E-state index contributed by atoms with van der Waals surface area (Å²) >= 11 is 6.74. The van der Waals surface area contributed by atoms with Crippen molar-refractivity contribution in [2.24, 2.45) is 5.41 Å². The number of nitrogens with one attached hydrogen (secondary N) is 1. The number of hydrogen-bond acceptors (Lipinski definition) is 6. The number of phenols is 1. The first kappa shape index (κ1) is 21.0. The highest BCUT2D eigenvalue weighted by Crippen LogP contribution is 2.51. The minimum Gasteiger partial charge on any atom is -0.507 e. The van der Waals surface area contributed by atoms with Gasteiger partial charge in [0.25, 0.3) is 5.91 Å². The average Bonchev–Trinajstić information content (AvgIpc) is 3.19. The minimum absolute atomic E-state index is 0.0489. The van der Waals surface area contributed by atoms with Gasteiger partial charge < -0.3 is 25.0 Å². The number of amides is 1. The number of hydrogen-bond donors (Lipinski definition) is 2. The number of anilines is 1. The van der Waals surface area contributed by atoms with Gasteiger partial charge in [0.1, 0.15) is 40.3 Å². The fraction of sp³-hybridized carbons (Fsp3) is 0.500. The standard InChI is InChI=1S/C24H26ClFN4O3/c25-19-20(17-15(26)3-1-4-16(17)31)28-22(29-9-7-24(13-29)5-2-6-24)18-21(19)33-12-14-11-27-8-10-30(14)23(18)32/h1,3-4,14,27,31H,2,5-13H2. The third-order valence-corrected chi connectivity index (χ3v) is 8.05. The highest BCUT2D eigenvalue weighted by atomic mass is 35.5. The molecule has 0 bridgehead atoms. The molecule has 1 aromatic carbocycles. The molecule has 7 nitrogen and oxygen atoms in total. The lowest BCUT2D eigenvalue weighted by Gasteiger charge is -2.38. The largest absolute Gasteiger partial charge is 0.507 e. The lowest BCUT2D eigenvalue weighted by atomic mass is 9.68. The van der Waals surface area contributed by atoms with Gasteiger partial charge in [-0.1, -0.05) is 24.1 Å². The van der Waals surface area contributed by atoms with Crippen LogP contribution in [0.1, 0.15) is 36.0 Å². The molecule has 1 saturated carbocycles. The van der Waals surface area contributed by atoms with Gasteiger partial charge in [0.05, 0.1) is 11.6 Å². The lowest BCUT2D eigenvalue weighted by Crippen LogP contribution is -2.55. The van der Waals surface area contributed by atoms with Crippen molar-refractivity contribution in [3.63, 3.8) is 0 Å². The van der Waals surface area contributed by atoms with E-state index in [1.54, 1.807) is 0 Å². The van der Waals surface area contributed by atoms with Crippen molar-refractivity contribution in [1.82, 2.24) is 15.2 Å². The van der Waals surface area contributed by atoms with E-state index >= 15 is 0 Å². The molecule has 4 heterocycles. The summed E-state index contributed by atoms with van der Waals surface area (Å²) in [6, 6.07) is 3.97. The number of nitrogens with zero attached hydrogens (tertiary/aromatic N) is 3. The summed E-state index contributed by atoms with van der Waals surface area (Å²) in [4.78, 5) is 22.5. The van der Waals surface area contributed by atoms with Crippen LogP contribution in [0.15, 0.2) is 18.2 Å². The summed E-state index contributed by atoms with van der Waals surface area (Å²) < 4.78 is 21.0. The Kier molecular flexibility index (Phi) is 4.92. The molecule has 1 amide bonds. The molecular formula is C24H26ClFN4O3. The predicted octanol–water partition coefficient (Wildman–Crippen LogP) is 3.43. The smallest absolute Gasteiger partial charge is 0.261 e. The van der Waals surface area contributed by atoms with Crippen LogP contribution in [-0.4, -0.2) is 66.3 Å². The number of aromatic hydroxyl groups is 1.